The van der Waals surface area contributed by atoms with E-state index in [0.29, 0.717) is 27.6 Å². The first-order valence-electron chi connectivity index (χ1n) is 9.54. The van der Waals surface area contributed by atoms with Crippen molar-refractivity contribution in [1.82, 2.24) is 14.5 Å². The van der Waals surface area contributed by atoms with Gasteiger partial charge in [-0.2, -0.15) is 0 Å². The van der Waals surface area contributed by atoms with Crippen molar-refractivity contribution in [1.29, 1.82) is 0 Å². The Balaban J connectivity index is 1.86. The van der Waals surface area contributed by atoms with Crippen LogP contribution in [0, 0.1) is 0 Å². The minimum absolute atomic E-state index is 0.0887. The van der Waals surface area contributed by atoms with Crippen LogP contribution in [0.2, 0.25) is 5.02 Å². The molecular formula is C20H26ClN4O2S+. The highest BCUT2D eigenvalue weighted by Crippen LogP contribution is 2.25. The number of rotatable bonds is 6. The van der Waals surface area contributed by atoms with E-state index < -0.39 is 0 Å². The molecule has 3 rings (SSSR count). The van der Waals surface area contributed by atoms with Gasteiger partial charge in [0, 0.05) is 11.6 Å². The van der Waals surface area contributed by atoms with Gasteiger partial charge < -0.3 is 9.80 Å². The molecule has 8 heteroatoms. The van der Waals surface area contributed by atoms with Crippen LogP contribution < -0.4 is 10.5 Å². The van der Waals surface area contributed by atoms with Crippen molar-refractivity contribution in [2.45, 2.75) is 30.8 Å². The average Bonchev–Trinajstić information content (AvgIpc) is 2.70. The number of quaternary nitrogens is 1. The van der Waals surface area contributed by atoms with Crippen molar-refractivity contribution in [3.8, 4) is 0 Å². The second kappa shape index (κ2) is 9.11. The number of carbonyl (C=O) groups excluding carboxylic acids is 1. The van der Waals surface area contributed by atoms with Crippen LogP contribution in [0.3, 0.4) is 0 Å². The first kappa shape index (κ1) is 20.9. The molecule has 150 valence electrons. The van der Waals surface area contributed by atoms with E-state index in [9.17, 15) is 9.59 Å². The number of hydrogen-bond donors (Lipinski definition) is 1. The summed E-state index contributed by atoms with van der Waals surface area (Å²) < 4.78 is 1.57. The fourth-order valence-electron chi connectivity index (χ4n) is 3.42. The number of carbonyl (C=O) groups is 1. The van der Waals surface area contributed by atoms with Crippen LogP contribution >= 0.6 is 23.4 Å². The summed E-state index contributed by atoms with van der Waals surface area (Å²) in [5.74, 6) is 0.0887. The quantitative estimate of drug-likeness (QED) is 0.436. The lowest BCUT2D eigenvalue weighted by atomic mass is 10.2. The molecular weight excluding hydrogens is 396 g/mol. The Morgan fingerprint density at radius 3 is 2.79 bits per heavy atom. The number of halogens is 1. The second-order valence-corrected chi connectivity index (χ2v) is 8.69. The lowest BCUT2D eigenvalue weighted by Gasteiger charge is -2.33. The Labute approximate surface area is 174 Å². The molecule has 6 nitrogen and oxygen atoms in total. The highest BCUT2D eigenvalue weighted by atomic mass is 35.5. The van der Waals surface area contributed by atoms with Gasteiger partial charge in [0.1, 0.15) is 0 Å². The standard InChI is InChI=1S/C20H25ClN4O2S/c1-4-8-25-19(27)16-7-6-15(21)13-17(16)22-20(25)28-14(3)18(26)24-11-9-23(5-2)10-12-24/h4,6-7,13-14H,1,5,8-12H2,2-3H3/p+1/t14-/m0/s1. The van der Waals surface area contributed by atoms with Crippen molar-refractivity contribution in [3.05, 3.63) is 46.2 Å². The highest BCUT2D eigenvalue weighted by Gasteiger charge is 2.28. The fraction of sp³-hybridized carbons (Fsp3) is 0.450. The molecule has 1 aliphatic rings. The van der Waals surface area contributed by atoms with E-state index in [1.165, 1.54) is 16.7 Å². The first-order chi connectivity index (χ1) is 13.4. The van der Waals surface area contributed by atoms with Gasteiger partial charge in [-0.15, -0.1) is 6.58 Å². The highest BCUT2D eigenvalue weighted by molar-refractivity contribution is 8.00. The summed E-state index contributed by atoms with van der Waals surface area (Å²) in [6, 6.07) is 5.05. The zero-order chi connectivity index (χ0) is 20.3. The van der Waals surface area contributed by atoms with Gasteiger partial charge >= 0.3 is 0 Å². The lowest BCUT2D eigenvalue weighted by molar-refractivity contribution is -0.902. The molecule has 2 aromatic rings. The molecule has 0 spiro atoms. The molecule has 28 heavy (non-hydrogen) atoms. The molecule has 0 saturated carbocycles. The van der Waals surface area contributed by atoms with E-state index in [1.54, 1.807) is 28.8 Å². The number of likely N-dealkylation sites (N-methyl/N-ethyl adjacent to an activating group) is 1. The Morgan fingerprint density at radius 2 is 2.14 bits per heavy atom. The summed E-state index contributed by atoms with van der Waals surface area (Å²) in [6.45, 7) is 12.7. The van der Waals surface area contributed by atoms with Crippen LogP contribution in [0.5, 0.6) is 0 Å². The lowest BCUT2D eigenvalue weighted by Crippen LogP contribution is -3.14. The molecule has 2 heterocycles. The molecule has 0 bridgehead atoms. The number of amides is 1. The third kappa shape index (κ3) is 4.42. The number of piperazine rings is 1. The SMILES string of the molecule is C=CCn1c(S[C@@H](C)C(=O)N2CC[NH+](CC)CC2)nc2cc(Cl)ccc2c1=O. The van der Waals surface area contributed by atoms with Crippen LogP contribution in [0.25, 0.3) is 10.9 Å². The molecule has 1 aromatic heterocycles. The topological polar surface area (TPSA) is 59.6 Å². The average molecular weight is 422 g/mol. The number of fused-ring (bicyclic) bond motifs is 1. The monoisotopic (exact) mass is 421 g/mol. The van der Waals surface area contributed by atoms with Gasteiger partial charge in [0.05, 0.1) is 48.9 Å². The molecule has 1 atom stereocenters. The Bertz CT molecular complexity index is 938. The van der Waals surface area contributed by atoms with Crippen molar-refractivity contribution >= 4 is 40.2 Å². The summed E-state index contributed by atoms with van der Waals surface area (Å²) in [4.78, 5) is 33.9. The molecule has 1 aliphatic heterocycles. The largest absolute Gasteiger partial charge is 0.332 e. The van der Waals surface area contributed by atoms with E-state index in [1.807, 2.05) is 11.8 Å². The maximum atomic E-state index is 12.9. The molecule has 0 aliphatic carbocycles. The van der Waals surface area contributed by atoms with Crippen LogP contribution in [-0.4, -0.2) is 58.3 Å². The molecule has 1 fully saturated rings. The summed E-state index contributed by atoms with van der Waals surface area (Å²) in [7, 11) is 0. The number of nitrogens with one attached hydrogen (secondary N) is 1. The number of thioether (sulfide) groups is 1. The predicted octanol–water partition coefficient (Wildman–Crippen LogP) is 1.46. The zero-order valence-electron chi connectivity index (χ0n) is 16.3. The fourth-order valence-corrected chi connectivity index (χ4v) is 4.58. The van der Waals surface area contributed by atoms with Crippen molar-refractivity contribution in [2.75, 3.05) is 32.7 Å². The predicted molar refractivity (Wildman–Crippen MR) is 114 cm³/mol. The van der Waals surface area contributed by atoms with E-state index in [-0.39, 0.29) is 16.7 Å². The smallest absolute Gasteiger partial charge is 0.262 e. The van der Waals surface area contributed by atoms with Crippen molar-refractivity contribution < 1.29 is 9.69 Å². The zero-order valence-corrected chi connectivity index (χ0v) is 17.9. The van der Waals surface area contributed by atoms with Gasteiger partial charge in [-0.1, -0.05) is 29.4 Å². The molecule has 0 radical (unpaired) electrons. The third-order valence-electron chi connectivity index (χ3n) is 5.11. The minimum Gasteiger partial charge on any atom is -0.332 e. The number of hydrogen-bond acceptors (Lipinski definition) is 4. The summed E-state index contributed by atoms with van der Waals surface area (Å²) in [5, 5.41) is 1.21. The summed E-state index contributed by atoms with van der Waals surface area (Å²) in [5.41, 5.74) is 0.393. The van der Waals surface area contributed by atoms with Gasteiger partial charge in [0.25, 0.3) is 5.56 Å². The Kier molecular flexibility index (Phi) is 6.80. The van der Waals surface area contributed by atoms with Gasteiger partial charge in [0.15, 0.2) is 5.16 Å². The number of benzene rings is 1. The third-order valence-corrected chi connectivity index (χ3v) is 6.42. The molecule has 0 unspecified atom stereocenters. The molecule has 1 saturated heterocycles. The minimum atomic E-state index is -0.331. The van der Waals surface area contributed by atoms with Crippen LogP contribution in [0.4, 0.5) is 0 Å². The van der Waals surface area contributed by atoms with Crippen LogP contribution in [0.15, 0.2) is 40.8 Å². The maximum absolute atomic E-state index is 12.9. The Morgan fingerprint density at radius 1 is 1.43 bits per heavy atom. The van der Waals surface area contributed by atoms with Gasteiger partial charge in [-0.25, -0.2) is 4.98 Å². The second-order valence-electron chi connectivity index (χ2n) is 6.95. The van der Waals surface area contributed by atoms with E-state index in [2.05, 4.69) is 18.5 Å². The van der Waals surface area contributed by atoms with Gasteiger partial charge in [-0.05, 0) is 32.0 Å². The maximum Gasteiger partial charge on any atom is 0.262 e. The van der Waals surface area contributed by atoms with Crippen molar-refractivity contribution in [3.63, 3.8) is 0 Å². The normalized spacial score (nSPS) is 16.3. The number of aromatic nitrogens is 2. The van der Waals surface area contributed by atoms with Crippen LogP contribution in [0.1, 0.15) is 13.8 Å². The van der Waals surface area contributed by atoms with E-state index in [0.717, 1.165) is 32.7 Å². The number of allylic oxidation sites excluding steroid dienone is 1. The van der Waals surface area contributed by atoms with Crippen LogP contribution in [-0.2, 0) is 11.3 Å². The van der Waals surface area contributed by atoms with E-state index in [4.69, 9.17) is 11.6 Å². The number of nitrogens with zero attached hydrogens (tertiary/aromatic N) is 3. The molecule has 1 amide bonds. The first-order valence-corrected chi connectivity index (χ1v) is 10.8. The Hall–Kier alpha value is -1.83. The molecule has 1 aromatic carbocycles. The van der Waals surface area contributed by atoms with Crippen molar-refractivity contribution in [2.24, 2.45) is 0 Å². The summed E-state index contributed by atoms with van der Waals surface area (Å²) >= 11 is 7.39. The van der Waals surface area contributed by atoms with Gasteiger partial charge in [0.2, 0.25) is 5.91 Å². The van der Waals surface area contributed by atoms with E-state index >= 15 is 0 Å². The molecule has 1 N–H and O–H groups in total. The van der Waals surface area contributed by atoms with Gasteiger partial charge in [-0.3, -0.25) is 14.2 Å². The summed E-state index contributed by atoms with van der Waals surface area (Å²) in [6.07, 6.45) is 1.66.